The van der Waals surface area contributed by atoms with E-state index in [0.717, 1.165) is 51.8 Å². The number of anilines is 10. The summed E-state index contributed by atoms with van der Waals surface area (Å²) in [5.74, 6) is 1.76. The molecule has 2 aliphatic carbocycles. The van der Waals surface area contributed by atoms with Crippen LogP contribution in [-0.4, -0.2) is 17.8 Å². The Kier molecular flexibility index (Phi) is 16.6. The van der Waals surface area contributed by atoms with Crippen LogP contribution >= 0.6 is 0 Å². The van der Waals surface area contributed by atoms with E-state index in [4.69, 9.17) is 8.83 Å². The maximum absolute atomic E-state index is 7.41. The summed E-state index contributed by atoms with van der Waals surface area (Å²) in [5.41, 5.74) is 33.2. The van der Waals surface area contributed by atoms with E-state index < -0.39 is 0 Å². The molecule has 2 saturated carbocycles. The molecule has 18 rings (SSSR count). The highest BCUT2D eigenvalue weighted by Gasteiger charge is 2.63. The van der Waals surface area contributed by atoms with Crippen LogP contribution in [0.1, 0.15) is 233 Å². The van der Waals surface area contributed by atoms with Gasteiger partial charge in [0.05, 0.1) is 28.1 Å². The normalized spacial score (nSPS) is 20.7. The SMILES string of the molecule is Cc1cc(N(c2cc3ccccc3o2)c2ccc(C(C)(C)C)cc2-c2ccccc2)cc(N2c3ccc(C(C)(C)C)cc3C3(C)CCCCC23C)c1.Cc1cc2c3c(c1)N1c4c(cc(C(C)(C)C)cc4C4(C)CCCCC14C)B3c1c(oc3cc(C(C)(C)C)ccc13)N2c1ccc(C(C)(C)C)cc1-c1ccccc1. The van der Waals surface area contributed by atoms with Crippen molar-refractivity contribution in [2.24, 2.45) is 0 Å². The molecule has 0 saturated heterocycles. The fourth-order valence-corrected chi connectivity index (χ4v) is 20.3. The number of aryl methyl sites for hydroxylation is 2. The Morgan fingerprint density at radius 1 is 0.394 bits per heavy atom. The molecule has 0 amide bonds. The van der Waals surface area contributed by atoms with Crippen molar-refractivity contribution >= 4 is 102 Å². The molecular weight excluding hydrogens is 1320 g/mol. The van der Waals surface area contributed by atoms with Gasteiger partial charge in [-0.1, -0.05) is 271 Å². The van der Waals surface area contributed by atoms with E-state index in [2.05, 4.69) is 371 Å². The predicted molar refractivity (Wildman–Crippen MR) is 466 cm³/mol. The Hall–Kier alpha value is -9.46. The lowest BCUT2D eigenvalue weighted by atomic mass is 9.33. The van der Waals surface area contributed by atoms with E-state index in [0.29, 0.717) is 0 Å². The minimum atomic E-state index is -0.0527. The number of fused-ring (bicyclic) bond motifs is 13. The molecule has 4 aliphatic heterocycles. The molecule has 0 bridgehead atoms. The molecular formula is C102H113BN4O2. The van der Waals surface area contributed by atoms with Crippen molar-refractivity contribution in [3.05, 3.63) is 256 Å². The van der Waals surface area contributed by atoms with Gasteiger partial charge in [0.1, 0.15) is 11.2 Å². The second kappa shape index (κ2) is 25.0. The van der Waals surface area contributed by atoms with Crippen LogP contribution in [0.4, 0.5) is 57.3 Å². The molecule has 2 fully saturated rings. The number of rotatable bonds is 7. The van der Waals surface area contributed by atoms with Gasteiger partial charge in [0.2, 0.25) is 11.8 Å². The summed E-state index contributed by atoms with van der Waals surface area (Å²) < 4.78 is 14.2. The summed E-state index contributed by atoms with van der Waals surface area (Å²) in [7, 11) is 0. The molecule has 2 aromatic heterocycles. The standard InChI is InChI=1S/C53H59BN2O.C49H54N2O/c1-32-26-42-46-43(27-32)56-47-39(52(11)24-16-17-25-53(52,56)12)29-36(51(8,9)10)30-40(47)54(46)45-37-22-20-35(50(5,6)7)31-44(37)57-48(45)55(42)41-23-21-34(49(2,3)4)28-38(41)33-18-14-13-15-19-33;1-33-27-38(32-39(28-33)51-43-24-22-37(47(5,6)7)31-41(43)48(8)25-15-16-26-49(48,51)9)50(45-29-35-19-13-14-20-44(35)52-45)42-23-21-36(46(2,3)4)30-40(42)34-17-11-10-12-18-34/h13-15,18-23,26-31H,16-17,24-25H2,1-12H3;10-14,17-24,27-32H,15-16,25-26H2,1-9H3. The summed E-state index contributed by atoms with van der Waals surface area (Å²) in [6.07, 6.45) is 9.79. The van der Waals surface area contributed by atoms with E-state index in [1.165, 1.54) is 162 Å². The van der Waals surface area contributed by atoms with Crippen LogP contribution in [0.15, 0.2) is 215 Å². The number of hydrogen-bond donors (Lipinski definition) is 0. The summed E-state index contributed by atoms with van der Waals surface area (Å²) in [6, 6.07) is 78.2. The van der Waals surface area contributed by atoms with Crippen LogP contribution in [0.25, 0.3) is 44.2 Å². The quantitative estimate of drug-likeness (QED) is 0.148. The number of benzene rings is 10. The zero-order valence-corrected chi connectivity index (χ0v) is 69.0. The zero-order valence-electron chi connectivity index (χ0n) is 69.0. The van der Waals surface area contributed by atoms with Crippen molar-refractivity contribution in [3.8, 4) is 22.3 Å². The van der Waals surface area contributed by atoms with Crippen LogP contribution in [0.5, 0.6) is 0 Å². The Morgan fingerprint density at radius 3 is 1.54 bits per heavy atom. The minimum absolute atomic E-state index is 0.000245. The Labute approximate surface area is 651 Å². The predicted octanol–water partition coefficient (Wildman–Crippen LogP) is 26.9. The molecule has 6 heterocycles. The highest BCUT2D eigenvalue weighted by Crippen LogP contribution is 2.65. The number of furan rings is 2. The highest BCUT2D eigenvalue weighted by molar-refractivity contribution is 7.01. The topological polar surface area (TPSA) is 39.2 Å². The van der Waals surface area contributed by atoms with Crippen molar-refractivity contribution < 1.29 is 8.83 Å². The third kappa shape index (κ3) is 11.4. The third-order valence-electron chi connectivity index (χ3n) is 27.1. The van der Waals surface area contributed by atoms with E-state index >= 15 is 0 Å². The largest absolute Gasteiger partial charge is 0.440 e. The van der Waals surface area contributed by atoms with Gasteiger partial charge in [-0.25, -0.2) is 0 Å². The molecule has 556 valence electrons. The van der Waals surface area contributed by atoms with E-state index in [1.807, 2.05) is 0 Å². The van der Waals surface area contributed by atoms with Crippen molar-refractivity contribution in [2.75, 3.05) is 19.6 Å². The lowest BCUT2D eigenvalue weighted by molar-refractivity contribution is 0.195. The first-order valence-corrected chi connectivity index (χ1v) is 40.7. The summed E-state index contributed by atoms with van der Waals surface area (Å²) in [4.78, 5) is 10.4. The fraction of sp³-hybridized carbons (Fsp3) is 0.373. The second-order valence-electron chi connectivity index (χ2n) is 39.4. The summed E-state index contributed by atoms with van der Waals surface area (Å²) in [6.45, 7) is 49.7. The number of para-hydroxylation sites is 1. The number of nitrogens with zero attached hydrogens (tertiary/aromatic N) is 4. The maximum atomic E-state index is 7.41. The summed E-state index contributed by atoms with van der Waals surface area (Å²) >= 11 is 0. The first-order valence-electron chi connectivity index (χ1n) is 40.7. The first-order chi connectivity index (χ1) is 51.5. The Morgan fingerprint density at radius 2 is 0.908 bits per heavy atom. The minimum Gasteiger partial charge on any atom is -0.440 e. The third-order valence-corrected chi connectivity index (χ3v) is 27.1. The average molecular weight is 1440 g/mol. The van der Waals surface area contributed by atoms with Crippen molar-refractivity contribution in [1.82, 2.24) is 0 Å². The van der Waals surface area contributed by atoms with Gasteiger partial charge in [-0.15, -0.1) is 0 Å². The second-order valence-corrected chi connectivity index (χ2v) is 39.4. The van der Waals surface area contributed by atoms with Crippen LogP contribution in [0.2, 0.25) is 0 Å². The molecule has 4 unspecified atom stereocenters. The van der Waals surface area contributed by atoms with E-state index in [-0.39, 0.29) is 55.7 Å². The van der Waals surface area contributed by atoms with Gasteiger partial charge in [0.25, 0.3) is 6.71 Å². The van der Waals surface area contributed by atoms with E-state index in [1.54, 1.807) is 5.56 Å². The first kappa shape index (κ1) is 72.4. The monoisotopic (exact) mass is 1440 g/mol. The van der Waals surface area contributed by atoms with Crippen molar-refractivity contribution in [3.63, 3.8) is 0 Å². The van der Waals surface area contributed by atoms with Gasteiger partial charge >= 0.3 is 0 Å². The van der Waals surface area contributed by atoms with Gasteiger partial charge in [-0.3, -0.25) is 9.80 Å². The molecule has 4 atom stereocenters. The van der Waals surface area contributed by atoms with Gasteiger partial charge in [-0.05, 0) is 225 Å². The Bertz CT molecular complexity index is 5590. The van der Waals surface area contributed by atoms with Crippen LogP contribution in [0.3, 0.4) is 0 Å². The van der Waals surface area contributed by atoms with E-state index in [9.17, 15) is 0 Å². The Balaban J connectivity index is 0.000000160. The van der Waals surface area contributed by atoms with Crippen LogP contribution in [-0.2, 0) is 37.9 Å². The van der Waals surface area contributed by atoms with Gasteiger partial charge in [-0.2, -0.15) is 0 Å². The average Bonchev–Trinajstić information content (AvgIpc) is 1.52. The lowest BCUT2D eigenvalue weighted by Gasteiger charge is -2.52. The lowest BCUT2D eigenvalue weighted by Crippen LogP contribution is -2.64. The molecule has 12 aromatic rings. The fourth-order valence-electron chi connectivity index (χ4n) is 20.3. The zero-order chi connectivity index (χ0) is 76.8. The maximum Gasteiger partial charge on any atom is 0.257 e. The molecule has 109 heavy (non-hydrogen) atoms. The smallest absolute Gasteiger partial charge is 0.257 e. The van der Waals surface area contributed by atoms with Gasteiger partial charge < -0.3 is 18.6 Å². The van der Waals surface area contributed by atoms with Gasteiger partial charge in [0, 0.05) is 72.7 Å². The molecule has 7 heteroatoms. The highest BCUT2D eigenvalue weighted by atomic mass is 16.4. The molecule has 0 spiro atoms. The number of hydrogen-bond acceptors (Lipinski definition) is 6. The van der Waals surface area contributed by atoms with Crippen LogP contribution < -0.4 is 36.0 Å². The molecule has 0 radical (unpaired) electrons. The van der Waals surface area contributed by atoms with Gasteiger partial charge in [0.15, 0.2) is 0 Å². The molecule has 6 aliphatic rings. The summed E-state index contributed by atoms with van der Waals surface area (Å²) in [5, 5.41) is 2.31. The molecule has 10 aromatic carbocycles. The van der Waals surface area contributed by atoms with Crippen LogP contribution in [0, 0.1) is 13.8 Å². The van der Waals surface area contributed by atoms with Crippen molar-refractivity contribution in [2.45, 2.75) is 246 Å². The molecule has 0 N–H and O–H groups in total. The van der Waals surface area contributed by atoms with Crippen molar-refractivity contribution in [1.29, 1.82) is 0 Å². The molecule has 6 nitrogen and oxygen atoms in total.